The Hall–Kier alpha value is -2.00. The van der Waals surface area contributed by atoms with Crippen molar-refractivity contribution >= 4 is 39.2 Å². The summed E-state index contributed by atoms with van der Waals surface area (Å²) in [4.78, 5) is 26.1. The van der Waals surface area contributed by atoms with Crippen LogP contribution in [-0.2, 0) is 24.3 Å². The molecule has 28 heavy (non-hydrogen) atoms. The van der Waals surface area contributed by atoms with E-state index in [0.717, 1.165) is 10.6 Å². The van der Waals surface area contributed by atoms with Crippen molar-refractivity contribution in [2.75, 3.05) is 43.9 Å². The highest BCUT2D eigenvalue weighted by Gasteiger charge is 2.31. The number of hydrogen-bond acceptors (Lipinski definition) is 6. The van der Waals surface area contributed by atoms with Crippen molar-refractivity contribution in [3.05, 3.63) is 23.2 Å². The minimum Gasteiger partial charge on any atom is -0.495 e. The molecule has 0 bridgehead atoms. The Morgan fingerprint density at radius 1 is 1.29 bits per heavy atom. The van der Waals surface area contributed by atoms with E-state index in [2.05, 4.69) is 0 Å². The van der Waals surface area contributed by atoms with Gasteiger partial charge in [0.15, 0.2) is 0 Å². The number of hydrogen-bond donors (Lipinski definition) is 0. The largest absolute Gasteiger partial charge is 0.495 e. The van der Waals surface area contributed by atoms with Gasteiger partial charge in [0.25, 0.3) is 0 Å². The van der Waals surface area contributed by atoms with Crippen molar-refractivity contribution < 1.29 is 27.5 Å². The van der Waals surface area contributed by atoms with E-state index in [1.54, 1.807) is 24.0 Å². The first-order valence-corrected chi connectivity index (χ1v) is 11.2. The molecule has 0 N–H and O–H groups in total. The van der Waals surface area contributed by atoms with Gasteiger partial charge in [-0.05, 0) is 38.0 Å². The van der Waals surface area contributed by atoms with Crippen molar-refractivity contribution in [2.24, 2.45) is 5.92 Å². The van der Waals surface area contributed by atoms with Crippen molar-refractivity contribution in [1.82, 2.24) is 4.90 Å². The van der Waals surface area contributed by atoms with E-state index in [1.165, 1.54) is 13.2 Å². The number of piperidine rings is 1. The molecule has 1 saturated heterocycles. The lowest BCUT2D eigenvalue weighted by Crippen LogP contribution is -2.46. The van der Waals surface area contributed by atoms with Gasteiger partial charge in [-0.15, -0.1) is 0 Å². The van der Waals surface area contributed by atoms with Crippen molar-refractivity contribution in [3.63, 3.8) is 0 Å². The maximum absolute atomic E-state index is 12.7. The molecule has 0 radical (unpaired) electrons. The van der Waals surface area contributed by atoms with Crippen LogP contribution >= 0.6 is 11.6 Å². The van der Waals surface area contributed by atoms with Gasteiger partial charge in [0, 0.05) is 18.1 Å². The molecule has 0 aromatic heterocycles. The number of rotatable bonds is 7. The summed E-state index contributed by atoms with van der Waals surface area (Å²) < 4.78 is 35.9. The zero-order valence-corrected chi connectivity index (χ0v) is 17.8. The summed E-state index contributed by atoms with van der Waals surface area (Å²) in [6, 6.07) is 4.57. The molecule has 1 heterocycles. The molecule has 0 unspecified atom stereocenters. The van der Waals surface area contributed by atoms with Crippen LogP contribution in [0.5, 0.6) is 5.75 Å². The summed E-state index contributed by atoms with van der Waals surface area (Å²) in [5.74, 6) is -0.544. The first-order chi connectivity index (χ1) is 13.2. The Kier molecular flexibility index (Phi) is 7.54. The Balaban J connectivity index is 2.14. The molecule has 1 fully saturated rings. The molecule has 0 aliphatic carbocycles. The molecule has 0 atom stereocenters. The van der Waals surface area contributed by atoms with E-state index in [1.807, 2.05) is 0 Å². The van der Waals surface area contributed by atoms with Gasteiger partial charge < -0.3 is 14.4 Å². The van der Waals surface area contributed by atoms with E-state index >= 15 is 0 Å². The predicted molar refractivity (Wildman–Crippen MR) is 106 cm³/mol. The number of nitrogens with zero attached hydrogens (tertiary/aromatic N) is 2. The number of anilines is 1. The minimum atomic E-state index is -3.76. The van der Waals surface area contributed by atoms with Crippen LogP contribution < -0.4 is 9.04 Å². The van der Waals surface area contributed by atoms with Crippen molar-refractivity contribution in [2.45, 2.75) is 19.8 Å². The molecule has 1 aliphatic rings. The predicted octanol–water partition coefficient (Wildman–Crippen LogP) is 1.92. The molecular formula is C18H25ClN2O6S. The number of carbonyl (C=O) groups excluding carboxylic acids is 2. The van der Waals surface area contributed by atoms with Gasteiger partial charge in [-0.3, -0.25) is 13.9 Å². The number of sulfonamides is 1. The monoisotopic (exact) mass is 432 g/mol. The third-order valence-corrected chi connectivity index (χ3v) is 5.92. The summed E-state index contributed by atoms with van der Waals surface area (Å²) in [5, 5.41) is 0.326. The molecular weight excluding hydrogens is 408 g/mol. The highest BCUT2D eigenvalue weighted by Crippen LogP contribution is 2.33. The maximum Gasteiger partial charge on any atom is 0.309 e. The summed E-state index contributed by atoms with van der Waals surface area (Å²) in [5.41, 5.74) is 0.201. The molecule has 1 amide bonds. The highest BCUT2D eigenvalue weighted by molar-refractivity contribution is 7.92. The van der Waals surface area contributed by atoms with E-state index in [0.29, 0.717) is 43.3 Å². The van der Waals surface area contributed by atoms with E-state index < -0.39 is 10.0 Å². The van der Waals surface area contributed by atoms with Gasteiger partial charge in [-0.1, -0.05) is 11.6 Å². The number of likely N-dealkylation sites (tertiary alicyclic amines) is 1. The Bertz CT molecular complexity index is 821. The standard InChI is InChI=1S/C18H25ClN2O6S/c1-4-27-18(23)13-7-9-20(10-8-13)17(22)12-21(28(3,24)25)15-11-14(19)5-6-16(15)26-2/h5-6,11,13H,4,7-10,12H2,1-3H3. The summed E-state index contributed by atoms with van der Waals surface area (Å²) >= 11 is 6.01. The number of ether oxygens (including phenoxy) is 2. The Morgan fingerprint density at radius 3 is 2.46 bits per heavy atom. The molecule has 1 aromatic rings. The zero-order chi connectivity index (χ0) is 20.9. The highest BCUT2D eigenvalue weighted by atomic mass is 35.5. The number of benzene rings is 1. The molecule has 156 valence electrons. The lowest BCUT2D eigenvalue weighted by molar-refractivity contribution is -0.151. The summed E-state index contributed by atoms with van der Waals surface area (Å²) in [7, 11) is -2.35. The van der Waals surface area contributed by atoms with Crippen LogP contribution in [0.2, 0.25) is 5.02 Å². The van der Waals surface area contributed by atoms with Gasteiger partial charge >= 0.3 is 5.97 Å². The fourth-order valence-electron chi connectivity index (χ4n) is 3.09. The Labute approximate surface area is 170 Å². The maximum atomic E-state index is 12.7. The molecule has 0 spiro atoms. The smallest absolute Gasteiger partial charge is 0.309 e. The zero-order valence-electron chi connectivity index (χ0n) is 16.2. The van der Waals surface area contributed by atoms with Crippen LogP contribution in [0.1, 0.15) is 19.8 Å². The van der Waals surface area contributed by atoms with Gasteiger partial charge in [-0.2, -0.15) is 0 Å². The second-order valence-electron chi connectivity index (χ2n) is 6.49. The lowest BCUT2D eigenvalue weighted by atomic mass is 9.97. The second kappa shape index (κ2) is 9.47. The van der Waals surface area contributed by atoms with Gasteiger partial charge in [0.05, 0.1) is 31.6 Å². The third-order valence-electron chi connectivity index (χ3n) is 4.56. The van der Waals surface area contributed by atoms with Crippen LogP contribution in [0.15, 0.2) is 18.2 Å². The van der Waals surface area contributed by atoms with Gasteiger partial charge in [0.1, 0.15) is 12.3 Å². The third kappa shape index (κ3) is 5.51. The minimum absolute atomic E-state index is 0.201. The topological polar surface area (TPSA) is 93.2 Å². The van der Waals surface area contributed by atoms with Crippen LogP contribution in [0.25, 0.3) is 0 Å². The van der Waals surface area contributed by atoms with Gasteiger partial charge in [0.2, 0.25) is 15.9 Å². The number of esters is 1. The van der Waals surface area contributed by atoms with E-state index in [-0.39, 0.29) is 30.0 Å². The average molecular weight is 433 g/mol. The summed E-state index contributed by atoms with van der Waals surface area (Å²) in [6.45, 7) is 2.43. The molecule has 2 rings (SSSR count). The molecule has 0 saturated carbocycles. The molecule has 8 nitrogen and oxygen atoms in total. The number of amides is 1. The molecule has 1 aromatic carbocycles. The van der Waals surface area contributed by atoms with Crippen molar-refractivity contribution in [1.29, 1.82) is 0 Å². The molecule has 10 heteroatoms. The SMILES string of the molecule is CCOC(=O)C1CCN(C(=O)CN(c2cc(Cl)ccc2OC)S(C)(=O)=O)CC1. The number of methoxy groups -OCH3 is 1. The second-order valence-corrected chi connectivity index (χ2v) is 8.84. The average Bonchev–Trinajstić information content (AvgIpc) is 2.65. The number of carbonyl (C=O) groups is 2. The first-order valence-electron chi connectivity index (χ1n) is 8.93. The van der Waals surface area contributed by atoms with E-state index in [9.17, 15) is 18.0 Å². The van der Waals surface area contributed by atoms with Gasteiger partial charge in [-0.25, -0.2) is 8.42 Å². The van der Waals surface area contributed by atoms with Crippen molar-refractivity contribution in [3.8, 4) is 5.75 Å². The van der Waals surface area contributed by atoms with Crippen LogP contribution in [0.3, 0.4) is 0 Å². The fraction of sp³-hybridized carbons (Fsp3) is 0.556. The molecule has 1 aliphatic heterocycles. The normalized spacial score (nSPS) is 15.2. The quantitative estimate of drug-likeness (QED) is 0.611. The van der Waals surface area contributed by atoms with Crippen LogP contribution in [0.4, 0.5) is 5.69 Å². The van der Waals surface area contributed by atoms with Crippen LogP contribution in [-0.4, -0.2) is 64.8 Å². The fourth-order valence-corrected chi connectivity index (χ4v) is 4.10. The van der Waals surface area contributed by atoms with Crippen LogP contribution in [0, 0.1) is 5.92 Å². The Morgan fingerprint density at radius 2 is 1.93 bits per heavy atom. The summed E-state index contributed by atoms with van der Waals surface area (Å²) in [6.07, 6.45) is 2.00. The van der Waals surface area contributed by atoms with E-state index in [4.69, 9.17) is 21.1 Å². The first kappa shape index (κ1) is 22.3. The number of halogens is 1. The lowest BCUT2D eigenvalue weighted by Gasteiger charge is -2.33.